The summed E-state index contributed by atoms with van der Waals surface area (Å²) in [7, 11) is 0. The lowest BCUT2D eigenvalue weighted by Gasteiger charge is -2.29. The van der Waals surface area contributed by atoms with Crippen molar-refractivity contribution in [2.45, 2.75) is 70.3 Å². The molecule has 0 aliphatic carbocycles. The second-order valence-electron chi connectivity index (χ2n) is 11.1. The minimum absolute atomic E-state index is 0.235. The Balaban J connectivity index is 1.53. The van der Waals surface area contributed by atoms with E-state index in [2.05, 4.69) is 33.5 Å². The van der Waals surface area contributed by atoms with Gasteiger partial charge in [0.15, 0.2) is 11.5 Å². The minimum atomic E-state index is -0.600. The molecule has 0 radical (unpaired) electrons. The number of hydrogen-bond donors (Lipinski definition) is 2. The first-order chi connectivity index (χ1) is 22.3. The van der Waals surface area contributed by atoms with Crippen molar-refractivity contribution >= 4 is 56.8 Å². The van der Waals surface area contributed by atoms with E-state index in [1.807, 2.05) is 81.4 Å². The average molecular weight is 725 g/mol. The molecule has 1 unspecified atom stereocenters. The van der Waals surface area contributed by atoms with Gasteiger partial charge in [-0.05, 0) is 84.1 Å². The summed E-state index contributed by atoms with van der Waals surface area (Å²) < 4.78 is 14.9. The molecule has 1 aromatic heterocycles. The molecule has 2 heterocycles. The molecule has 242 valence electrons. The third kappa shape index (κ3) is 7.90. The largest absolute Gasteiger partial charge is 0.490 e. The van der Waals surface area contributed by atoms with Crippen LogP contribution in [0.1, 0.15) is 69.2 Å². The number of allylic oxidation sites excluding steroid dienone is 1. The lowest BCUT2D eigenvalue weighted by Crippen LogP contribution is -2.31. The molecule has 8 nitrogen and oxygen atoms in total. The van der Waals surface area contributed by atoms with Crippen molar-refractivity contribution in [3.8, 4) is 11.5 Å². The van der Waals surface area contributed by atoms with Crippen LogP contribution in [-0.4, -0.2) is 33.9 Å². The van der Waals surface area contributed by atoms with Crippen LogP contribution < -0.4 is 20.1 Å². The van der Waals surface area contributed by atoms with Gasteiger partial charge >= 0.3 is 0 Å². The topological polar surface area (TPSA) is 90.3 Å². The molecule has 2 N–H and O–H groups in total. The Hall–Kier alpha value is -3.47. The second kappa shape index (κ2) is 15.9. The summed E-state index contributed by atoms with van der Waals surface area (Å²) in [5.74, 6) is 2.16. The Morgan fingerprint density at radius 2 is 1.85 bits per heavy atom. The van der Waals surface area contributed by atoms with Gasteiger partial charge in [0.25, 0.3) is 5.91 Å². The van der Waals surface area contributed by atoms with Gasteiger partial charge in [0.1, 0.15) is 6.04 Å². The molecule has 0 saturated carbocycles. The first-order valence-corrected chi connectivity index (χ1v) is 17.7. The van der Waals surface area contributed by atoms with E-state index in [4.69, 9.17) is 31.2 Å². The predicted octanol–water partition coefficient (Wildman–Crippen LogP) is 9.58. The fourth-order valence-electron chi connectivity index (χ4n) is 5.31. The Bertz CT molecular complexity index is 1730. The minimum Gasteiger partial charge on any atom is -0.490 e. The molecule has 0 bridgehead atoms. The summed E-state index contributed by atoms with van der Waals surface area (Å²) in [6.45, 7) is 9.05. The molecule has 1 aliphatic rings. The van der Waals surface area contributed by atoms with Crippen molar-refractivity contribution in [2.75, 3.05) is 23.8 Å². The second-order valence-corrected chi connectivity index (χ2v) is 13.3. The zero-order valence-corrected chi connectivity index (χ0v) is 29.7. The van der Waals surface area contributed by atoms with Crippen LogP contribution in [-0.2, 0) is 10.5 Å². The molecule has 3 aromatic carbocycles. The van der Waals surface area contributed by atoms with Crippen LogP contribution in [0.3, 0.4) is 0 Å². The van der Waals surface area contributed by atoms with Crippen LogP contribution in [0.5, 0.6) is 11.5 Å². The Kier molecular flexibility index (Phi) is 11.7. The van der Waals surface area contributed by atoms with Crippen LogP contribution in [0.15, 0.2) is 81.6 Å². The van der Waals surface area contributed by atoms with Crippen LogP contribution >= 0.6 is 39.3 Å². The third-order valence-electron chi connectivity index (χ3n) is 7.68. The van der Waals surface area contributed by atoms with Crippen LogP contribution in [0.4, 0.5) is 11.6 Å². The number of hydrogen-bond acceptors (Lipinski definition) is 7. The number of para-hydroxylation sites is 1. The molecule has 4 aromatic rings. The third-order valence-corrected chi connectivity index (χ3v) is 9.52. The van der Waals surface area contributed by atoms with Gasteiger partial charge in [-0.2, -0.15) is 4.98 Å². The van der Waals surface area contributed by atoms with Gasteiger partial charge in [0.05, 0.1) is 23.3 Å². The maximum absolute atomic E-state index is 14.1. The standard InChI is InChI=1S/C35H39BrClN5O3S/c1-5-7-8-13-18-45-32-26(36)19-25(20-29(32)44-6-2)31-30(33(43)39-28-17-12-9-14-22(28)3)23(4)38-34-40-35(41-42(31)34)46-21-24-15-10-11-16-27(24)37/h9-12,14-17,19-20,31H,5-8,13,18,21H2,1-4H3,(H,39,43)(H,38,40,41). The van der Waals surface area contributed by atoms with E-state index in [-0.39, 0.29) is 5.91 Å². The molecule has 46 heavy (non-hydrogen) atoms. The van der Waals surface area contributed by atoms with Gasteiger partial charge in [-0.3, -0.25) is 4.79 Å². The fraction of sp³-hybridized carbons (Fsp3) is 0.343. The number of anilines is 2. The van der Waals surface area contributed by atoms with Gasteiger partial charge in [0, 0.05) is 22.2 Å². The molecule has 5 rings (SSSR count). The lowest BCUT2D eigenvalue weighted by atomic mass is 9.94. The number of rotatable bonds is 14. The SMILES string of the molecule is CCCCCCOc1c(Br)cc(C2C(C(=O)Nc3ccccc3C)=C(C)Nc3nc(SCc4ccccc4Cl)nn32)cc1OCC. The molecule has 11 heteroatoms. The highest BCUT2D eigenvalue weighted by atomic mass is 79.9. The number of unbranched alkanes of at least 4 members (excludes halogenated alkanes) is 3. The Labute approximate surface area is 288 Å². The first-order valence-electron chi connectivity index (χ1n) is 15.6. The Morgan fingerprint density at radius 3 is 2.61 bits per heavy atom. The predicted molar refractivity (Wildman–Crippen MR) is 190 cm³/mol. The molecule has 0 fully saturated rings. The van der Waals surface area contributed by atoms with Crippen molar-refractivity contribution in [3.63, 3.8) is 0 Å². The zero-order valence-electron chi connectivity index (χ0n) is 26.5. The van der Waals surface area contributed by atoms with E-state index in [0.29, 0.717) is 57.9 Å². The number of nitrogens with one attached hydrogen (secondary N) is 2. The van der Waals surface area contributed by atoms with Crippen molar-refractivity contribution in [1.82, 2.24) is 14.8 Å². The summed E-state index contributed by atoms with van der Waals surface area (Å²) in [6.07, 6.45) is 4.41. The molecule has 1 aliphatic heterocycles. The summed E-state index contributed by atoms with van der Waals surface area (Å²) in [5, 5.41) is 12.6. The zero-order chi connectivity index (χ0) is 32.6. The summed E-state index contributed by atoms with van der Waals surface area (Å²) >= 11 is 11.7. The number of aryl methyl sites for hydroxylation is 1. The molecule has 1 amide bonds. The van der Waals surface area contributed by atoms with Gasteiger partial charge in [0.2, 0.25) is 11.1 Å². The van der Waals surface area contributed by atoms with Crippen molar-refractivity contribution in [1.29, 1.82) is 0 Å². The molecular weight excluding hydrogens is 686 g/mol. The number of amides is 1. The first kappa shape index (κ1) is 33.9. The number of halogens is 2. The maximum atomic E-state index is 14.1. The van der Waals surface area contributed by atoms with Crippen molar-refractivity contribution in [3.05, 3.63) is 98.1 Å². The quantitative estimate of drug-likeness (QED) is 0.0989. The number of carbonyl (C=O) groups is 1. The number of nitrogens with zero attached hydrogens (tertiary/aromatic N) is 3. The monoisotopic (exact) mass is 723 g/mol. The van der Waals surface area contributed by atoms with E-state index in [1.165, 1.54) is 18.2 Å². The smallest absolute Gasteiger partial charge is 0.255 e. The number of thioether (sulfide) groups is 1. The molecule has 1 atom stereocenters. The highest BCUT2D eigenvalue weighted by molar-refractivity contribution is 9.10. The highest BCUT2D eigenvalue weighted by Crippen LogP contribution is 2.44. The highest BCUT2D eigenvalue weighted by Gasteiger charge is 2.35. The van der Waals surface area contributed by atoms with Gasteiger partial charge in [-0.15, -0.1) is 5.10 Å². The Morgan fingerprint density at radius 1 is 1.07 bits per heavy atom. The van der Waals surface area contributed by atoms with Gasteiger partial charge in [-0.1, -0.05) is 85.9 Å². The molecular formula is C35H39BrClN5O3S. The van der Waals surface area contributed by atoms with Crippen LogP contribution in [0, 0.1) is 6.92 Å². The van der Waals surface area contributed by atoms with E-state index in [1.54, 1.807) is 4.68 Å². The van der Waals surface area contributed by atoms with E-state index < -0.39 is 6.04 Å². The number of carbonyl (C=O) groups excluding carboxylic acids is 1. The number of aromatic nitrogens is 3. The number of ether oxygens (including phenoxy) is 2. The summed E-state index contributed by atoms with van der Waals surface area (Å²) in [4.78, 5) is 18.9. The normalized spacial score (nSPS) is 14.1. The number of fused-ring (bicyclic) bond motifs is 1. The molecule has 0 spiro atoms. The van der Waals surface area contributed by atoms with Crippen molar-refractivity contribution in [2.24, 2.45) is 0 Å². The van der Waals surface area contributed by atoms with Gasteiger partial charge < -0.3 is 20.1 Å². The van der Waals surface area contributed by atoms with Crippen molar-refractivity contribution < 1.29 is 14.3 Å². The summed E-state index contributed by atoms with van der Waals surface area (Å²) in [5.41, 5.74) is 4.72. The van der Waals surface area contributed by atoms with Crippen LogP contribution in [0.25, 0.3) is 0 Å². The fourth-order valence-corrected chi connectivity index (χ4v) is 7.00. The number of benzene rings is 3. The van der Waals surface area contributed by atoms with E-state index >= 15 is 0 Å². The average Bonchev–Trinajstić information content (AvgIpc) is 3.44. The van der Waals surface area contributed by atoms with E-state index in [0.717, 1.165) is 46.1 Å². The van der Waals surface area contributed by atoms with Gasteiger partial charge in [-0.25, -0.2) is 4.68 Å². The maximum Gasteiger partial charge on any atom is 0.255 e. The lowest BCUT2D eigenvalue weighted by molar-refractivity contribution is -0.113. The van der Waals surface area contributed by atoms with Crippen LogP contribution in [0.2, 0.25) is 5.02 Å². The summed E-state index contributed by atoms with van der Waals surface area (Å²) in [6, 6.07) is 18.8. The van der Waals surface area contributed by atoms with E-state index in [9.17, 15) is 4.79 Å². The molecule has 0 saturated heterocycles.